The molecule has 0 aromatic heterocycles. The van der Waals surface area contributed by atoms with Crippen molar-refractivity contribution in [3.05, 3.63) is 30.1 Å². The van der Waals surface area contributed by atoms with Gasteiger partial charge in [0.15, 0.2) is 5.11 Å². The summed E-state index contributed by atoms with van der Waals surface area (Å²) >= 11 is 5.19. The molecule has 1 saturated heterocycles. The molecule has 1 fully saturated rings. The van der Waals surface area contributed by atoms with Gasteiger partial charge in [0.25, 0.3) is 0 Å². The van der Waals surface area contributed by atoms with Crippen molar-refractivity contribution in [3.63, 3.8) is 0 Å². The Morgan fingerprint density at radius 2 is 1.89 bits per heavy atom. The maximum absolute atomic E-state index is 12.7. The van der Waals surface area contributed by atoms with Gasteiger partial charge in [-0.3, -0.25) is 0 Å². The second-order valence-corrected chi connectivity index (χ2v) is 5.20. The summed E-state index contributed by atoms with van der Waals surface area (Å²) in [5.74, 6) is -0.241. The van der Waals surface area contributed by atoms with Crippen LogP contribution in [0.4, 0.5) is 10.1 Å². The van der Waals surface area contributed by atoms with Crippen LogP contribution in [0.15, 0.2) is 24.3 Å². The number of benzene rings is 1. The van der Waals surface area contributed by atoms with Gasteiger partial charge in [0.1, 0.15) is 5.82 Å². The highest BCUT2D eigenvalue weighted by Gasteiger charge is 2.10. The minimum absolute atomic E-state index is 0.241. The van der Waals surface area contributed by atoms with E-state index in [9.17, 15) is 4.39 Å². The molecule has 1 heterocycles. The van der Waals surface area contributed by atoms with E-state index in [1.807, 2.05) is 0 Å². The van der Waals surface area contributed by atoms with E-state index < -0.39 is 0 Å². The number of anilines is 1. The predicted molar refractivity (Wildman–Crippen MR) is 80.9 cm³/mol. The Morgan fingerprint density at radius 3 is 2.58 bits per heavy atom. The highest BCUT2D eigenvalue weighted by Crippen LogP contribution is 2.08. The first-order valence-corrected chi connectivity index (χ1v) is 7.17. The normalized spacial score (nSPS) is 15.4. The second-order valence-electron chi connectivity index (χ2n) is 4.79. The summed E-state index contributed by atoms with van der Waals surface area (Å²) in [6, 6.07) is 6.18. The Morgan fingerprint density at radius 1 is 1.21 bits per heavy atom. The van der Waals surface area contributed by atoms with Crippen LogP contribution in [0.3, 0.4) is 0 Å². The average molecular weight is 281 g/mol. The Bertz CT molecular complexity index is 402. The van der Waals surface area contributed by atoms with E-state index in [1.54, 1.807) is 12.1 Å². The van der Waals surface area contributed by atoms with Crippen molar-refractivity contribution >= 4 is 23.0 Å². The smallest absolute Gasteiger partial charge is 0.170 e. The summed E-state index contributed by atoms with van der Waals surface area (Å²) in [4.78, 5) is 2.48. The van der Waals surface area contributed by atoms with E-state index in [4.69, 9.17) is 12.2 Å². The molecule has 0 bridgehead atoms. The fraction of sp³-hybridized carbons (Fsp3) is 0.500. The van der Waals surface area contributed by atoms with Crippen LogP contribution in [0.2, 0.25) is 0 Å². The number of nitrogens with zero attached hydrogens (tertiary/aromatic N) is 1. The Labute approximate surface area is 119 Å². The third-order valence-corrected chi connectivity index (χ3v) is 3.48. The van der Waals surface area contributed by atoms with E-state index >= 15 is 0 Å². The lowest BCUT2D eigenvalue weighted by molar-refractivity contribution is 0.334. The van der Waals surface area contributed by atoms with Gasteiger partial charge in [-0.25, -0.2) is 4.39 Å². The van der Waals surface area contributed by atoms with Crippen LogP contribution < -0.4 is 10.6 Å². The first kappa shape index (κ1) is 14.2. The van der Waals surface area contributed by atoms with Gasteiger partial charge in [-0.1, -0.05) is 0 Å². The van der Waals surface area contributed by atoms with Crippen LogP contribution in [0, 0.1) is 5.82 Å². The fourth-order valence-electron chi connectivity index (χ4n) is 2.22. The van der Waals surface area contributed by atoms with Gasteiger partial charge in [0.05, 0.1) is 0 Å². The van der Waals surface area contributed by atoms with Crippen LogP contribution in [0.25, 0.3) is 0 Å². The van der Waals surface area contributed by atoms with Crippen molar-refractivity contribution in [2.24, 2.45) is 0 Å². The fourth-order valence-corrected chi connectivity index (χ4v) is 2.44. The highest BCUT2D eigenvalue weighted by molar-refractivity contribution is 7.80. The standard InChI is InChI=1S/C14H20FN3S/c15-12-4-6-13(7-5-12)17-14(19)16-8-3-11-18-9-1-2-10-18/h4-7H,1-3,8-11H2,(H2,16,17,19). The zero-order chi connectivity index (χ0) is 13.5. The number of hydrogen-bond acceptors (Lipinski definition) is 2. The quantitative estimate of drug-likeness (QED) is 0.641. The van der Waals surface area contributed by atoms with Crippen LogP contribution >= 0.6 is 12.2 Å². The molecule has 5 heteroatoms. The molecule has 1 aromatic carbocycles. The minimum atomic E-state index is -0.241. The lowest BCUT2D eigenvalue weighted by Gasteiger charge is -2.15. The number of hydrogen-bond donors (Lipinski definition) is 2. The molecule has 2 rings (SSSR count). The number of nitrogens with one attached hydrogen (secondary N) is 2. The van der Waals surface area contributed by atoms with Crippen LogP contribution in [0.5, 0.6) is 0 Å². The van der Waals surface area contributed by atoms with Crippen LogP contribution in [-0.2, 0) is 0 Å². The average Bonchev–Trinajstić information content (AvgIpc) is 2.91. The zero-order valence-corrected chi connectivity index (χ0v) is 11.8. The summed E-state index contributed by atoms with van der Waals surface area (Å²) in [6.07, 6.45) is 3.75. The second kappa shape index (κ2) is 7.40. The summed E-state index contributed by atoms with van der Waals surface area (Å²) in [6.45, 7) is 4.46. The number of likely N-dealkylation sites (tertiary alicyclic amines) is 1. The van der Waals surface area contributed by atoms with Gasteiger partial charge in [0.2, 0.25) is 0 Å². The zero-order valence-electron chi connectivity index (χ0n) is 11.0. The Hall–Kier alpha value is -1.20. The van der Waals surface area contributed by atoms with E-state index in [1.165, 1.54) is 38.1 Å². The molecule has 19 heavy (non-hydrogen) atoms. The summed E-state index contributed by atoms with van der Waals surface area (Å²) in [7, 11) is 0. The maximum Gasteiger partial charge on any atom is 0.170 e. The molecular formula is C14H20FN3S. The molecule has 1 aliphatic heterocycles. The van der Waals surface area contributed by atoms with Gasteiger partial charge in [-0.15, -0.1) is 0 Å². The predicted octanol–water partition coefficient (Wildman–Crippen LogP) is 2.60. The molecule has 0 atom stereocenters. The molecule has 0 saturated carbocycles. The first-order chi connectivity index (χ1) is 9.24. The molecule has 3 nitrogen and oxygen atoms in total. The molecule has 0 amide bonds. The van der Waals surface area contributed by atoms with Crippen molar-refractivity contribution < 1.29 is 4.39 Å². The van der Waals surface area contributed by atoms with Crippen molar-refractivity contribution in [2.45, 2.75) is 19.3 Å². The Kier molecular flexibility index (Phi) is 5.54. The van der Waals surface area contributed by atoms with Gasteiger partial charge >= 0.3 is 0 Å². The third kappa shape index (κ3) is 5.12. The molecule has 0 aliphatic carbocycles. The van der Waals surface area contributed by atoms with Gasteiger partial charge in [0, 0.05) is 12.2 Å². The van der Waals surface area contributed by atoms with Gasteiger partial charge < -0.3 is 15.5 Å². The summed E-state index contributed by atoms with van der Waals surface area (Å²) in [5, 5.41) is 6.80. The molecule has 2 N–H and O–H groups in total. The topological polar surface area (TPSA) is 27.3 Å². The van der Waals surface area contributed by atoms with E-state index in [-0.39, 0.29) is 5.82 Å². The van der Waals surface area contributed by atoms with E-state index in [2.05, 4.69) is 15.5 Å². The minimum Gasteiger partial charge on any atom is -0.362 e. The van der Waals surface area contributed by atoms with Crippen molar-refractivity contribution in [3.8, 4) is 0 Å². The van der Waals surface area contributed by atoms with E-state index in [0.717, 1.165) is 25.2 Å². The monoisotopic (exact) mass is 281 g/mol. The number of rotatable bonds is 5. The highest BCUT2D eigenvalue weighted by atomic mass is 32.1. The molecule has 1 aromatic rings. The first-order valence-electron chi connectivity index (χ1n) is 6.77. The van der Waals surface area contributed by atoms with Crippen molar-refractivity contribution in [1.82, 2.24) is 10.2 Å². The number of halogens is 1. The molecule has 0 unspecified atom stereocenters. The lowest BCUT2D eigenvalue weighted by atomic mass is 10.3. The van der Waals surface area contributed by atoms with Crippen molar-refractivity contribution in [2.75, 3.05) is 31.5 Å². The maximum atomic E-state index is 12.7. The SMILES string of the molecule is Fc1ccc(NC(=S)NCCCN2CCCC2)cc1. The van der Waals surface area contributed by atoms with Crippen LogP contribution in [-0.4, -0.2) is 36.2 Å². The lowest BCUT2D eigenvalue weighted by Crippen LogP contribution is -2.31. The van der Waals surface area contributed by atoms with Gasteiger partial charge in [-0.05, 0) is 75.4 Å². The largest absolute Gasteiger partial charge is 0.362 e. The summed E-state index contributed by atoms with van der Waals surface area (Å²) in [5.41, 5.74) is 0.804. The Balaban J connectivity index is 1.60. The molecule has 0 spiro atoms. The molecule has 104 valence electrons. The van der Waals surface area contributed by atoms with Crippen LogP contribution in [0.1, 0.15) is 19.3 Å². The molecule has 1 aliphatic rings. The van der Waals surface area contributed by atoms with E-state index in [0.29, 0.717) is 5.11 Å². The van der Waals surface area contributed by atoms with Crippen molar-refractivity contribution in [1.29, 1.82) is 0 Å². The number of thiocarbonyl (C=S) groups is 1. The molecule has 0 radical (unpaired) electrons. The summed E-state index contributed by atoms with van der Waals surface area (Å²) < 4.78 is 12.7. The molecular weight excluding hydrogens is 261 g/mol. The third-order valence-electron chi connectivity index (χ3n) is 3.24. The van der Waals surface area contributed by atoms with Gasteiger partial charge in [-0.2, -0.15) is 0 Å².